The number of nitro benzene ring substituents is 1. The van der Waals surface area contributed by atoms with Crippen molar-refractivity contribution in [3.8, 4) is 0 Å². The molecule has 1 saturated heterocycles. The maximum absolute atomic E-state index is 12.8. The fourth-order valence-corrected chi connectivity index (χ4v) is 4.67. The van der Waals surface area contributed by atoms with E-state index in [-0.39, 0.29) is 16.8 Å². The minimum absolute atomic E-state index is 0.0353. The molecule has 146 valence electrons. The molecule has 27 heavy (non-hydrogen) atoms. The van der Waals surface area contributed by atoms with E-state index in [0.29, 0.717) is 32.0 Å². The summed E-state index contributed by atoms with van der Waals surface area (Å²) < 4.78 is 28.7. The number of rotatable bonds is 5. The third-order valence-electron chi connectivity index (χ3n) is 5.08. The number of sulfonamides is 1. The lowest BCUT2D eigenvalue weighted by atomic mass is 10.1. The van der Waals surface area contributed by atoms with Crippen molar-refractivity contribution in [2.24, 2.45) is 7.05 Å². The molecule has 10 heteroatoms. The summed E-state index contributed by atoms with van der Waals surface area (Å²) in [5.41, 5.74) is 0.909. The zero-order valence-corrected chi connectivity index (χ0v) is 16.4. The van der Waals surface area contributed by atoms with Crippen LogP contribution in [0.4, 0.5) is 5.69 Å². The van der Waals surface area contributed by atoms with Crippen LogP contribution in [0.2, 0.25) is 0 Å². The van der Waals surface area contributed by atoms with Crippen molar-refractivity contribution < 1.29 is 13.3 Å². The third kappa shape index (κ3) is 3.87. The van der Waals surface area contributed by atoms with Crippen LogP contribution in [0.25, 0.3) is 0 Å². The first-order valence-electron chi connectivity index (χ1n) is 8.68. The van der Waals surface area contributed by atoms with Crippen LogP contribution in [0.1, 0.15) is 24.4 Å². The van der Waals surface area contributed by atoms with Gasteiger partial charge in [0, 0.05) is 57.6 Å². The van der Waals surface area contributed by atoms with Gasteiger partial charge in [-0.05, 0) is 19.4 Å². The van der Waals surface area contributed by atoms with E-state index in [4.69, 9.17) is 0 Å². The predicted octanol–water partition coefficient (Wildman–Crippen LogP) is 1.70. The topological polar surface area (TPSA) is 102 Å². The van der Waals surface area contributed by atoms with Gasteiger partial charge in [0.1, 0.15) is 5.82 Å². The Labute approximate surface area is 158 Å². The molecule has 2 aromatic rings. The number of aryl methyl sites for hydroxylation is 2. The van der Waals surface area contributed by atoms with Gasteiger partial charge in [0.15, 0.2) is 5.03 Å². The lowest BCUT2D eigenvalue weighted by Crippen LogP contribution is -2.49. The van der Waals surface area contributed by atoms with Crippen LogP contribution in [0, 0.1) is 17.0 Å². The molecule has 9 nitrogen and oxygen atoms in total. The molecule has 0 amide bonds. The van der Waals surface area contributed by atoms with Crippen LogP contribution >= 0.6 is 0 Å². The molecule has 3 rings (SSSR count). The molecule has 1 aliphatic heterocycles. The van der Waals surface area contributed by atoms with Gasteiger partial charge < -0.3 is 4.57 Å². The maximum Gasteiger partial charge on any atom is 0.269 e. The number of piperazine rings is 1. The molecule has 0 aliphatic carbocycles. The second kappa shape index (κ2) is 7.37. The highest BCUT2D eigenvalue weighted by Crippen LogP contribution is 2.26. The van der Waals surface area contributed by atoms with Crippen LogP contribution in [0.3, 0.4) is 0 Å². The molecule has 0 saturated carbocycles. The van der Waals surface area contributed by atoms with E-state index in [1.807, 2.05) is 13.0 Å². The fourth-order valence-electron chi connectivity index (χ4n) is 3.22. The van der Waals surface area contributed by atoms with Crippen LogP contribution in [0.15, 0.2) is 35.5 Å². The Morgan fingerprint density at radius 1 is 1.22 bits per heavy atom. The first-order chi connectivity index (χ1) is 12.7. The highest BCUT2D eigenvalue weighted by molar-refractivity contribution is 7.89. The Hall–Kier alpha value is -2.30. The van der Waals surface area contributed by atoms with Gasteiger partial charge in [0.05, 0.1) is 4.92 Å². The number of imidazole rings is 1. The average Bonchev–Trinajstić information content (AvgIpc) is 3.01. The van der Waals surface area contributed by atoms with E-state index < -0.39 is 14.9 Å². The van der Waals surface area contributed by atoms with Crippen molar-refractivity contribution in [2.75, 3.05) is 26.2 Å². The summed E-state index contributed by atoms with van der Waals surface area (Å²) >= 11 is 0. The van der Waals surface area contributed by atoms with E-state index >= 15 is 0 Å². The molecule has 0 spiro atoms. The number of hydrogen-bond acceptors (Lipinski definition) is 6. The number of non-ortho nitro benzene ring substituents is 1. The molecule has 1 atom stereocenters. The zero-order chi connectivity index (χ0) is 19.8. The standard InChI is InChI=1S/C17H23N5O4S/c1-13(15-5-4-6-16(11-15)22(23)24)20-7-9-21(10-8-20)27(25,26)17-12-19(3)14(2)18-17/h4-6,11-13H,7-10H2,1-3H3/t13-/m0/s1. The van der Waals surface area contributed by atoms with Crippen molar-refractivity contribution in [1.82, 2.24) is 18.8 Å². The minimum Gasteiger partial charge on any atom is -0.337 e. The SMILES string of the molecule is Cc1nc(S(=O)(=O)N2CCN([C@@H](C)c3cccc([N+](=O)[O-])c3)CC2)cn1C. The summed E-state index contributed by atoms with van der Waals surface area (Å²) in [5.74, 6) is 0.645. The van der Waals surface area contributed by atoms with Crippen molar-refractivity contribution in [3.63, 3.8) is 0 Å². The lowest BCUT2D eigenvalue weighted by Gasteiger charge is -2.37. The maximum atomic E-state index is 12.8. The first kappa shape index (κ1) is 19.5. The molecule has 2 heterocycles. The van der Waals surface area contributed by atoms with E-state index in [2.05, 4.69) is 9.88 Å². The molecule has 0 bridgehead atoms. The number of hydrogen-bond donors (Lipinski definition) is 0. The van der Waals surface area contributed by atoms with Crippen LogP contribution in [0.5, 0.6) is 0 Å². The molecule has 1 aliphatic rings. The van der Waals surface area contributed by atoms with E-state index in [1.54, 1.807) is 30.7 Å². The minimum atomic E-state index is -3.61. The number of nitrogens with zero attached hydrogens (tertiary/aromatic N) is 5. The summed E-state index contributed by atoms with van der Waals surface area (Å²) in [5, 5.41) is 11.0. The molecule has 1 aromatic heterocycles. The van der Waals surface area contributed by atoms with Crippen molar-refractivity contribution >= 4 is 15.7 Å². The Bertz CT molecular complexity index is 928. The highest BCUT2D eigenvalue weighted by atomic mass is 32.2. The van der Waals surface area contributed by atoms with E-state index in [9.17, 15) is 18.5 Å². The van der Waals surface area contributed by atoms with Gasteiger partial charge in [-0.3, -0.25) is 15.0 Å². The van der Waals surface area contributed by atoms with Gasteiger partial charge in [-0.25, -0.2) is 13.4 Å². The summed E-state index contributed by atoms with van der Waals surface area (Å²) in [6.07, 6.45) is 1.53. The molecule has 0 N–H and O–H groups in total. The van der Waals surface area contributed by atoms with Gasteiger partial charge >= 0.3 is 0 Å². The van der Waals surface area contributed by atoms with E-state index in [1.165, 1.54) is 16.6 Å². The van der Waals surface area contributed by atoms with Crippen LogP contribution in [-0.4, -0.2) is 58.3 Å². The Morgan fingerprint density at radius 2 is 1.89 bits per heavy atom. The molecule has 1 fully saturated rings. The smallest absolute Gasteiger partial charge is 0.269 e. The van der Waals surface area contributed by atoms with Crippen molar-refractivity contribution in [3.05, 3.63) is 52.0 Å². The third-order valence-corrected chi connectivity index (χ3v) is 6.85. The van der Waals surface area contributed by atoms with Crippen LogP contribution < -0.4 is 0 Å². The Balaban J connectivity index is 1.69. The molecule has 0 radical (unpaired) electrons. The largest absolute Gasteiger partial charge is 0.337 e. The zero-order valence-electron chi connectivity index (χ0n) is 15.6. The van der Waals surface area contributed by atoms with Crippen LogP contribution in [-0.2, 0) is 17.1 Å². The summed E-state index contributed by atoms with van der Waals surface area (Å²) in [6, 6.07) is 6.54. The van der Waals surface area contributed by atoms with Crippen molar-refractivity contribution in [1.29, 1.82) is 0 Å². The monoisotopic (exact) mass is 393 g/mol. The Kier molecular flexibility index (Phi) is 5.31. The molecular weight excluding hydrogens is 370 g/mol. The lowest BCUT2D eigenvalue weighted by molar-refractivity contribution is -0.385. The first-order valence-corrected chi connectivity index (χ1v) is 10.1. The van der Waals surface area contributed by atoms with Gasteiger partial charge in [0.25, 0.3) is 15.7 Å². The average molecular weight is 393 g/mol. The van der Waals surface area contributed by atoms with E-state index in [0.717, 1.165) is 5.56 Å². The van der Waals surface area contributed by atoms with Gasteiger partial charge in [-0.15, -0.1) is 0 Å². The fraction of sp³-hybridized carbons (Fsp3) is 0.471. The quantitative estimate of drug-likeness (QED) is 0.566. The molecule has 1 aromatic carbocycles. The Morgan fingerprint density at radius 3 is 2.44 bits per heavy atom. The molecular formula is C17H23N5O4S. The second-order valence-corrected chi connectivity index (χ2v) is 8.59. The number of aromatic nitrogens is 2. The predicted molar refractivity (Wildman–Crippen MR) is 99.8 cm³/mol. The number of nitro groups is 1. The van der Waals surface area contributed by atoms with Gasteiger partial charge in [-0.2, -0.15) is 4.31 Å². The van der Waals surface area contributed by atoms with Gasteiger partial charge in [-0.1, -0.05) is 12.1 Å². The highest BCUT2D eigenvalue weighted by Gasteiger charge is 2.32. The number of benzene rings is 1. The summed E-state index contributed by atoms with van der Waals surface area (Å²) in [7, 11) is -1.85. The normalized spacial score (nSPS) is 17.7. The van der Waals surface area contributed by atoms with Crippen molar-refractivity contribution in [2.45, 2.75) is 24.9 Å². The summed E-state index contributed by atoms with van der Waals surface area (Å²) in [4.78, 5) is 16.8. The van der Waals surface area contributed by atoms with Gasteiger partial charge in [0.2, 0.25) is 0 Å². The second-order valence-electron chi connectivity index (χ2n) is 6.71. The molecule has 0 unspecified atom stereocenters. The summed E-state index contributed by atoms with van der Waals surface area (Å²) in [6.45, 7) is 5.56.